The van der Waals surface area contributed by atoms with Gasteiger partial charge in [0.15, 0.2) is 5.11 Å². The number of nitrogens with one attached hydrogen (secondary N) is 1. The number of nitrogens with zero attached hydrogens (tertiary/aromatic N) is 2. The Hall–Kier alpha value is -3.27. The Morgan fingerprint density at radius 2 is 1.83 bits per heavy atom. The van der Waals surface area contributed by atoms with Crippen LogP contribution < -0.4 is 10.2 Å². The number of anilines is 2. The Balaban J connectivity index is 1.54. The fourth-order valence-electron chi connectivity index (χ4n) is 3.89. The van der Waals surface area contributed by atoms with Gasteiger partial charge in [0.1, 0.15) is 6.04 Å². The minimum atomic E-state index is -0.755. The Morgan fingerprint density at radius 1 is 1.11 bits per heavy atom. The number of carbonyl (C=O) groups is 3. The van der Waals surface area contributed by atoms with Crippen LogP contribution in [0.1, 0.15) is 28.6 Å². The fourth-order valence-corrected chi connectivity index (χ4v) is 5.13. The van der Waals surface area contributed by atoms with Crippen LogP contribution in [0.15, 0.2) is 66.0 Å². The number of amides is 2. The number of thiophene rings is 1. The Kier molecular flexibility index (Phi) is 8.35. The molecular weight excluding hydrogens is 518 g/mol. The van der Waals surface area contributed by atoms with Crippen molar-refractivity contribution in [2.75, 3.05) is 23.4 Å². The molecule has 1 atom stereocenters. The lowest BCUT2D eigenvalue weighted by Gasteiger charge is -2.23. The highest BCUT2D eigenvalue weighted by molar-refractivity contribution is 7.80. The number of benzene rings is 2. The highest BCUT2D eigenvalue weighted by atomic mass is 35.5. The first-order valence-corrected chi connectivity index (χ1v) is 13.0. The van der Waals surface area contributed by atoms with Gasteiger partial charge in [-0.2, -0.15) is 0 Å². The van der Waals surface area contributed by atoms with Crippen molar-refractivity contribution in [3.63, 3.8) is 0 Å². The summed E-state index contributed by atoms with van der Waals surface area (Å²) in [5.41, 5.74) is 1.50. The van der Waals surface area contributed by atoms with Gasteiger partial charge in [-0.1, -0.05) is 17.7 Å². The lowest BCUT2D eigenvalue weighted by Crippen LogP contribution is -2.39. The third-order valence-corrected chi connectivity index (χ3v) is 7.25. The van der Waals surface area contributed by atoms with E-state index in [4.69, 9.17) is 28.6 Å². The van der Waals surface area contributed by atoms with E-state index in [0.717, 1.165) is 4.88 Å². The standard InChI is InChI=1S/C26H24ClN3O4S2/c1-2-34-25(33)17-5-11-20(12-6-17)30-24(32)22(16-23(31)28-19-9-7-18(27)8-10-19)29(26(30)35)14-13-21-4-3-15-36-21/h3-12,15,22H,2,13-14,16H2,1H3,(H,28,31). The van der Waals surface area contributed by atoms with Crippen LogP contribution in [0.5, 0.6) is 0 Å². The van der Waals surface area contributed by atoms with Crippen LogP contribution in [0.2, 0.25) is 5.02 Å². The van der Waals surface area contributed by atoms with Gasteiger partial charge in [0, 0.05) is 22.1 Å². The highest BCUT2D eigenvalue weighted by Gasteiger charge is 2.44. The number of halogens is 1. The Bertz CT molecular complexity index is 1250. The van der Waals surface area contributed by atoms with E-state index in [-0.39, 0.29) is 24.8 Å². The van der Waals surface area contributed by atoms with Crippen LogP contribution in [0, 0.1) is 0 Å². The molecule has 7 nitrogen and oxygen atoms in total. The second-order valence-electron chi connectivity index (χ2n) is 8.02. The summed E-state index contributed by atoms with van der Waals surface area (Å²) in [7, 11) is 0. The third-order valence-electron chi connectivity index (χ3n) is 5.64. The predicted octanol–water partition coefficient (Wildman–Crippen LogP) is 5.15. The second-order valence-corrected chi connectivity index (χ2v) is 9.86. The van der Waals surface area contributed by atoms with Crippen molar-refractivity contribution in [2.24, 2.45) is 0 Å². The maximum Gasteiger partial charge on any atom is 0.338 e. The molecule has 4 rings (SSSR count). The molecule has 0 spiro atoms. The molecule has 1 saturated heterocycles. The minimum absolute atomic E-state index is 0.0660. The zero-order valence-electron chi connectivity index (χ0n) is 19.5. The van der Waals surface area contributed by atoms with E-state index in [2.05, 4.69) is 5.32 Å². The molecule has 1 aromatic heterocycles. The predicted molar refractivity (Wildman–Crippen MR) is 146 cm³/mol. The molecule has 2 heterocycles. The van der Waals surface area contributed by atoms with E-state index in [1.165, 1.54) is 4.90 Å². The average molecular weight is 542 g/mol. The normalized spacial score (nSPS) is 15.3. The number of rotatable bonds is 9. The summed E-state index contributed by atoms with van der Waals surface area (Å²) in [5, 5.41) is 5.71. The van der Waals surface area contributed by atoms with Crippen molar-refractivity contribution in [3.05, 3.63) is 81.5 Å². The summed E-state index contributed by atoms with van der Waals surface area (Å²) in [5.74, 6) is -1.03. The van der Waals surface area contributed by atoms with E-state index in [0.29, 0.717) is 40.0 Å². The van der Waals surface area contributed by atoms with E-state index < -0.39 is 12.0 Å². The van der Waals surface area contributed by atoms with E-state index in [1.807, 2.05) is 17.5 Å². The first-order chi connectivity index (χ1) is 17.4. The van der Waals surface area contributed by atoms with Gasteiger partial charge in [0.05, 0.1) is 24.3 Å². The highest BCUT2D eigenvalue weighted by Crippen LogP contribution is 2.28. The molecule has 1 fully saturated rings. The number of ether oxygens (including phenoxy) is 1. The lowest BCUT2D eigenvalue weighted by atomic mass is 10.1. The number of carbonyl (C=O) groups excluding carboxylic acids is 3. The molecule has 0 radical (unpaired) electrons. The largest absolute Gasteiger partial charge is 0.462 e. The summed E-state index contributed by atoms with van der Waals surface area (Å²) in [4.78, 5) is 42.8. The average Bonchev–Trinajstić information content (AvgIpc) is 3.46. The number of hydrogen-bond donors (Lipinski definition) is 1. The van der Waals surface area contributed by atoms with Gasteiger partial charge < -0.3 is 15.0 Å². The van der Waals surface area contributed by atoms with Crippen molar-refractivity contribution in [3.8, 4) is 0 Å². The van der Waals surface area contributed by atoms with Crippen LogP contribution in [-0.4, -0.2) is 47.0 Å². The summed E-state index contributed by atoms with van der Waals surface area (Å²) in [6, 6.07) is 16.5. The van der Waals surface area contributed by atoms with Gasteiger partial charge in [-0.05, 0) is 85.5 Å². The molecule has 0 bridgehead atoms. The van der Waals surface area contributed by atoms with Crippen molar-refractivity contribution in [2.45, 2.75) is 25.8 Å². The number of thiocarbonyl (C=S) groups is 1. The van der Waals surface area contributed by atoms with Gasteiger partial charge in [0.2, 0.25) is 5.91 Å². The molecule has 1 aliphatic heterocycles. The van der Waals surface area contributed by atoms with Gasteiger partial charge in [-0.25, -0.2) is 4.79 Å². The zero-order valence-corrected chi connectivity index (χ0v) is 21.9. The third kappa shape index (κ3) is 5.92. The Labute approximate surface area is 223 Å². The molecule has 1 aliphatic rings. The van der Waals surface area contributed by atoms with Gasteiger partial charge in [-0.3, -0.25) is 14.5 Å². The van der Waals surface area contributed by atoms with E-state index >= 15 is 0 Å². The summed E-state index contributed by atoms with van der Waals surface area (Å²) >= 11 is 13.3. The first kappa shape index (κ1) is 25.8. The van der Waals surface area contributed by atoms with Crippen LogP contribution in [0.3, 0.4) is 0 Å². The number of hydrogen-bond acceptors (Lipinski definition) is 6. The second kappa shape index (κ2) is 11.6. The van der Waals surface area contributed by atoms with Crippen molar-refractivity contribution < 1.29 is 19.1 Å². The minimum Gasteiger partial charge on any atom is -0.462 e. The van der Waals surface area contributed by atoms with Crippen LogP contribution >= 0.6 is 35.2 Å². The quantitative estimate of drug-likeness (QED) is 0.298. The van der Waals surface area contributed by atoms with Crippen molar-refractivity contribution in [1.82, 2.24) is 4.90 Å². The smallest absolute Gasteiger partial charge is 0.338 e. The molecule has 3 aromatic rings. The van der Waals surface area contributed by atoms with E-state index in [1.54, 1.807) is 71.7 Å². The first-order valence-electron chi connectivity index (χ1n) is 11.4. The molecule has 0 aliphatic carbocycles. The molecule has 10 heteroatoms. The molecule has 2 aromatic carbocycles. The van der Waals surface area contributed by atoms with Gasteiger partial charge in [0.25, 0.3) is 5.91 Å². The topological polar surface area (TPSA) is 78.9 Å². The fraction of sp³-hybridized carbons (Fsp3) is 0.231. The van der Waals surface area contributed by atoms with Crippen molar-refractivity contribution in [1.29, 1.82) is 0 Å². The van der Waals surface area contributed by atoms with Crippen molar-refractivity contribution >= 4 is 69.4 Å². The molecule has 1 unspecified atom stereocenters. The number of esters is 1. The Morgan fingerprint density at radius 3 is 2.47 bits per heavy atom. The van der Waals surface area contributed by atoms with E-state index in [9.17, 15) is 14.4 Å². The van der Waals surface area contributed by atoms with Crippen LogP contribution in [0.25, 0.3) is 0 Å². The summed E-state index contributed by atoms with van der Waals surface area (Å²) in [6.45, 7) is 2.50. The SMILES string of the molecule is CCOC(=O)c1ccc(N2C(=O)C(CC(=O)Nc3ccc(Cl)cc3)N(CCc3cccs3)C2=S)cc1. The monoisotopic (exact) mass is 541 g/mol. The molecule has 2 amide bonds. The maximum atomic E-state index is 13.6. The summed E-state index contributed by atoms with van der Waals surface area (Å²) in [6.07, 6.45) is 0.624. The maximum absolute atomic E-state index is 13.6. The van der Waals surface area contributed by atoms with Crippen LogP contribution in [-0.2, 0) is 20.7 Å². The lowest BCUT2D eigenvalue weighted by molar-refractivity contribution is -0.124. The summed E-state index contributed by atoms with van der Waals surface area (Å²) < 4.78 is 5.03. The van der Waals surface area contributed by atoms with Gasteiger partial charge >= 0.3 is 5.97 Å². The molecule has 1 N–H and O–H groups in total. The zero-order chi connectivity index (χ0) is 25.7. The molecule has 0 saturated carbocycles. The molecular formula is C26H24ClN3O4S2. The van der Waals surface area contributed by atoms with Crippen LogP contribution in [0.4, 0.5) is 11.4 Å². The molecule has 36 heavy (non-hydrogen) atoms. The van der Waals surface area contributed by atoms with Gasteiger partial charge in [-0.15, -0.1) is 11.3 Å². The molecule has 186 valence electrons.